The van der Waals surface area contributed by atoms with Gasteiger partial charge in [-0.05, 0) is 75.9 Å². The average molecular weight is 549 g/mol. The van der Waals surface area contributed by atoms with Crippen molar-refractivity contribution in [1.82, 2.24) is 9.61 Å². The maximum atomic E-state index is 13.2. The number of halogens is 1. The lowest BCUT2D eigenvalue weighted by molar-refractivity contribution is 0.00694. The van der Waals surface area contributed by atoms with Gasteiger partial charge in [-0.25, -0.2) is 17.7 Å². The molecule has 182 valence electrons. The molecule has 9 heteroatoms. The van der Waals surface area contributed by atoms with Crippen molar-refractivity contribution in [1.29, 1.82) is 0 Å². The van der Waals surface area contributed by atoms with E-state index in [0.717, 1.165) is 38.0 Å². The van der Waals surface area contributed by atoms with Crippen LogP contribution in [-0.4, -0.2) is 48.9 Å². The molecule has 1 fully saturated rings. The fourth-order valence-corrected chi connectivity index (χ4v) is 5.96. The Labute approximate surface area is 209 Å². The normalized spacial score (nSPS) is 14.7. The molecule has 3 heterocycles. The molecule has 0 aliphatic carbocycles. The number of benzene rings is 1. The zero-order valence-corrected chi connectivity index (χ0v) is 22.6. The first-order valence-corrected chi connectivity index (χ1v) is 14.1. The van der Waals surface area contributed by atoms with E-state index in [-0.39, 0.29) is 4.90 Å². The molecule has 0 radical (unpaired) electrons. The van der Waals surface area contributed by atoms with Gasteiger partial charge < -0.3 is 9.64 Å². The van der Waals surface area contributed by atoms with Crippen molar-refractivity contribution in [3.8, 4) is 11.1 Å². The molecule has 1 aromatic carbocycles. The Morgan fingerprint density at radius 1 is 1.15 bits per heavy atom. The summed E-state index contributed by atoms with van der Waals surface area (Å²) in [5.74, 6) is -0.00220. The number of aryl methyl sites for hydroxylation is 1. The topological polar surface area (TPSA) is 81.0 Å². The van der Waals surface area contributed by atoms with Gasteiger partial charge in [-0.3, -0.25) is 0 Å². The summed E-state index contributed by atoms with van der Waals surface area (Å²) in [5, 5.41) is 4.83. The molecule has 34 heavy (non-hydrogen) atoms. The number of sulfone groups is 1. The van der Waals surface area contributed by atoms with Crippen LogP contribution in [0.25, 0.3) is 16.6 Å². The van der Waals surface area contributed by atoms with Crippen molar-refractivity contribution in [3.05, 3.63) is 46.1 Å². The van der Waals surface area contributed by atoms with E-state index in [0.29, 0.717) is 32.5 Å². The van der Waals surface area contributed by atoms with Crippen molar-refractivity contribution in [3.63, 3.8) is 0 Å². The lowest BCUT2D eigenvalue weighted by atomic mass is 10.0. The van der Waals surface area contributed by atoms with Gasteiger partial charge in [0.1, 0.15) is 10.5 Å². The van der Waals surface area contributed by atoms with Gasteiger partial charge in [0, 0.05) is 35.1 Å². The first-order chi connectivity index (χ1) is 15.9. The highest BCUT2D eigenvalue weighted by Gasteiger charge is 2.30. The second kappa shape index (κ2) is 9.00. The van der Waals surface area contributed by atoms with Gasteiger partial charge in [-0.1, -0.05) is 22.9 Å². The molecule has 1 aliphatic rings. The summed E-state index contributed by atoms with van der Waals surface area (Å²) in [6, 6.07) is 9.10. The molecule has 0 bridgehead atoms. The summed E-state index contributed by atoms with van der Waals surface area (Å²) in [7, 11) is -3.66. The average Bonchev–Trinajstić information content (AvgIpc) is 3.39. The van der Waals surface area contributed by atoms with E-state index >= 15 is 0 Å². The highest BCUT2D eigenvalue weighted by molar-refractivity contribution is 9.10. The highest BCUT2D eigenvalue weighted by Crippen LogP contribution is 2.40. The van der Waals surface area contributed by atoms with E-state index in [4.69, 9.17) is 9.84 Å². The number of esters is 1. The Morgan fingerprint density at radius 3 is 2.41 bits per heavy atom. The van der Waals surface area contributed by atoms with E-state index in [1.165, 1.54) is 6.26 Å². The Bertz CT molecular complexity index is 1370. The molecule has 1 saturated heterocycles. The van der Waals surface area contributed by atoms with Gasteiger partial charge >= 0.3 is 5.97 Å². The van der Waals surface area contributed by atoms with Gasteiger partial charge in [0.05, 0.1) is 11.1 Å². The van der Waals surface area contributed by atoms with Crippen LogP contribution < -0.4 is 4.90 Å². The molecule has 0 saturated carbocycles. The summed E-state index contributed by atoms with van der Waals surface area (Å²) in [6.07, 6.45) is 3.95. The van der Waals surface area contributed by atoms with Gasteiger partial charge in [-0.2, -0.15) is 0 Å². The standard InChI is InChI=1S/C25H30BrN3O4S/c1-6-19-9-10-20-21(16-13-17(15-18(26)14-16)24(30)33-25(2,3)4)22(34(5,31)32)23(27-29(19)20)28-11-7-8-12-28/h9-10,13-15H,6-8,11-12H2,1-5H3. The molecule has 0 N–H and O–H groups in total. The molecule has 0 spiro atoms. The second-order valence-electron chi connectivity index (χ2n) is 9.70. The fourth-order valence-electron chi connectivity index (χ4n) is 4.37. The predicted octanol–water partition coefficient (Wildman–Crippen LogP) is 5.29. The number of nitrogens with zero attached hydrogens (tertiary/aromatic N) is 3. The highest BCUT2D eigenvalue weighted by atomic mass is 79.9. The second-order valence-corrected chi connectivity index (χ2v) is 12.6. The molecule has 0 atom stereocenters. The molecule has 3 aromatic rings. The van der Waals surface area contributed by atoms with E-state index in [1.807, 2.05) is 55.3 Å². The van der Waals surface area contributed by atoms with Crippen molar-refractivity contribution < 1.29 is 17.9 Å². The number of rotatable bonds is 5. The Kier molecular flexibility index (Phi) is 6.54. The number of ether oxygens (including phenoxy) is 1. The van der Waals surface area contributed by atoms with E-state index in [2.05, 4.69) is 15.9 Å². The van der Waals surface area contributed by atoms with Gasteiger partial charge in [0.25, 0.3) is 0 Å². The number of anilines is 1. The fraction of sp³-hybridized carbons (Fsp3) is 0.440. The summed E-state index contributed by atoms with van der Waals surface area (Å²) < 4.78 is 34.5. The van der Waals surface area contributed by atoms with Crippen LogP contribution in [-0.2, 0) is 21.0 Å². The SMILES string of the molecule is CCc1ccc2c(-c3cc(Br)cc(C(=O)OC(C)(C)C)c3)c(S(C)(=O)=O)c(N3CCCC3)nn12. The lowest BCUT2D eigenvalue weighted by Gasteiger charge is -2.23. The van der Waals surface area contributed by atoms with Crippen LogP contribution in [0.15, 0.2) is 39.7 Å². The first-order valence-electron chi connectivity index (χ1n) is 11.4. The number of fused-ring (bicyclic) bond motifs is 1. The molecule has 7 nitrogen and oxygen atoms in total. The zero-order valence-electron chi connectivity index (χ0n) is 20.2. The van der Waals surface area contributed by atoms with Crippen LogP contribution in [0.4, 0.5) is 5.82 Å². The van der Waals surface area contributed by atoms with Gasteiger partial charge in [0.15, 0.2) is 15.7 Å². The summed E-state index contributed by atoms with van der Waals surface area (Å²) in [4.78, 5) is 15.1. The number of hydrogen-bond donors (Lipinski definition) is 0. The predicted molar refractivity (Wildman–Crippen MR) is 137 cm³/mol. The quantitative estimate of drug-likeness (QED) is 0.404. The van der Waals surface area contributed by atoms with Crippen LogP contribution in [0.3, 0.4) is 0 Å². The number of hydrogen-bond acceptors (Lipinski definition) is 6. The molecule has 0 unspecified atom stereocenters. The molecular weight excluding hydrogens is 518 g/mol. The number of aromatic nitrogens is 2. The largest absolute Gasteiger partial charge is 0.456 e. The third kappa shape index (κ3) is 4.86. The minimum atomic E-state index is -3.66. The molecule has 0 amide bonds. The smallest absolute Gasteiger partial charge is 0.338 e. The summed E-state index contributed by atoms with van der Waals surface area (Å²) in [6.45, 7) is 8.99. The number of carbonyl (C=O) groups is 1. The zero-order chi connectivity index (χ0) is 24.8. The van der Waals surface area contributed by atoms with Gasteiger partial charge in [-0.15, -0.1) is 5.10 Å². The number of carbonyl (C=O) groups excluding carboxylic acids is 1. The van der Waals surface area contributed by atoms with Crippen LogP contribution in [0, 0.1) is 0 Å². The Balaban J connectivity index is 2.06. The maximum absolute atomic E-state index is 13.2. The third-order valence-corrected chi connectivity index (χ3v) is 7.36. The minimum Gasteiger partial charge on any atom is -0.456 e. The van der Waals surface area contributed by atoms with Crippen molar-refractivity contribution in [2.45, 2.75) is 57.5 Å². The lowest BCUT2D eigenvalue weighted by Crippen LogP contribution is -2.24. The van der Waals surface area contributed by atoms with Crippen LogP contribution >= 0.6 is 15.9 Å². The minimum absolute atomic E-state index is 0.191. The van der Waals surface area contributed by atoms with Gasteiger partial charge in [0.2, 0.25) is 0 Å². The van der Waals surface area contributed by atoms with E-state index < -0.39 is 21.4 Å². The molecule has 1 aliphatic heterocycles. The van der Waals surface area contributed by atoms with Crippen molar-refractivity contribution >= 4 is 43.1 Å². The Hall–Kier alpha value is -2.39. The summed E-state index contributed by atoms with van der Waals surface area (Å²) in [5.41, 5.74) is 2.53. The molecule has 4 rings (SSSR count). The Morgan fingerprint density at radius 2 is 1.82 bits per heavy atom. The monoisotopic (exact) mass is 547 g/mol. The first kappa shape index (κ1) is 24.7. The maximum Gasteiger partial charge on any atom is 0.338 e. The van der Waals surface area contributed by atoms with Crippen LogP contribution in [0.5, 0.6) is 0 Å². The van der Waals surface area contributed by atoms with E-state index in [9.17, 15) is 13.2 Å². The van der Waals surface area contributed by atoms with Crippen molar-refractivity contribution in [2.24, 2.45) is 0 Å². The van der Waals surface area contributed by atoms with E-state index in [1.54, 1.807) is 12.1 Å². The van der Waals surface area contributed by atoms with Crippen molar-refractivity contribution in [2.75, 3.05) is 24.2 Å². The molecule has 2 aromatic heterocycles. The summed E-state index contributed by atoms with van der Waals surface area (Å²) >= 11 is 3.51. The van der Waals surface area contributed by atoms with Crippen LogP contribution in [0.2, 0.25) is 0 Å². The third-order valence-electron chi connectivity index (χ3n) is 5.77. The molecular formula is C25H30BrN3O4S. The van der Waals surface area contributed by atoms with Crippen LogP contribution in [0.1, 0.15) is 56.6 Å².